The fourth-order valence-corrected chi connectivity index (χ4v) is 1.08. The zero-order valence-electron chi connectivity index (χ0n) is 7.76. The van der Waals surface area contributed by atoms with Crippen molar-refractivity contribution in [3.63, 3.8) is 0 Å². The van der Waals surface area contributed by atoms with Gasteiger partial charge in [-0.1, -0.05) is 11.6 Å². The Kier molecular flexibility index (Phi) is 4.59. The third kappa shape index (κ3) is 2.85. The summed E-state index contributed by atoms with van der Waals surface area (Å²) in [7, 11) is 0. The Hall–Kier alpha value is -0.763. The van der Waals surface area contributed by atoms with E-state index in [4.69, 9.17) is 17.3 Å². The van der Waals surface area contributed by atoms with Crippen molar-refractivity contribution in [2.24, 2.45) is 0 Å². The third-order valence-electron chi connectivity index (χ3n) is 1.61. The molecule has 0 saturated heterocycles. The first kappa shape index (κ1) is 14.2. The Labute approximate surface area is 101 Å². The quantitative estimate of drug-likeness (QED) is 0.459. The van der Waals surface area contributed by atoms with Crippen LogP contribution in [-0.2, 0) is 10.7 Å². The number of hydrogen-bond acceptors (Lipinski definition) is 3. The summed E-state index contributed by atoms with van der Waals surface area (Å²) in [6, 6.07) is 3.19. The van der Waals surface area contributed by atoms with Crippen LogP contribution in [-0.4, -0.2) is 5.97 Å². The molecule has 3 nitrogen and oxygen atoms in total. The topological polar surface area (TPSA) is 66.2 Å². The van der Waals surface area contributed by atoms with Crippen LogP contribution in [0.4, 0.5) is 14.5 Å². The van der Waals surface area contributed by atoms with Crippen molar-refractivity contribution in [1.82, 2.24) is 0 Å². The van der Waals surface area contributed by atoms with Gasteiger partial charge in [-0.25, -0.2) is 0 Å². The van der Waals surface area contributed by atoms with Crippen LogP contribution < -0.4 is 29.7 Å². The van der Waals surface area contributed by atoms with Crippen molar-refractivity contribution < 1.29 is 37.5 Å². The first-order valence-electron chi connectivity index (χ1n) is 3.50. The molecule has 0 radical (unpaired) electrons. The van der Waals surface area contributed by atoms with Crippen molar-refractivity contribution >= 4 is 23.3 Å². The summed E-state index contributed by atoms with van der Waals surface area (Å²) in [4.78, 5) is 10.1. The molecule has 1 aromatic rings. The van der Waals surface area contributed by atoms with Gasteiger partial charge in [-0.05, 0) is 18.2 Å². The fraction of sp³-hybridized carbons (Fsp3) is 0.125. The second-order valence-electron chi connectivity index (χ2n) is 2.59. The fourth-order valence-electron chi connectivity index (χ4n) is 0.910. The second kappa shape index (κ2) is 4.84. The zero-order chi connectivity index (χ0) is 10.9. The van der Waals surface area contributed by atoms with E-state index in [0.717, 1.165) is 12.1 Å². The van der Waals surface area contributed by atoms with Gasteiger partial charge in [0.15, 0.2) is 0 Å². The average Bonchev–Trinajstić information content (AvgIpc) is 2.08. The molecular formula is C8H5ClF2LiNO2. The van der Waals surface area contributed by atoms with E-state index < -0.39 is 17.5 Å². The van der Waals surface area contributed by atoms with Crippen LogP contribution in [0.2, 0.25) is 5.02 Å². The summed E-state index contributed by atoms with van der Waals surface area (Å²) in [5, 5.41) is 10.1. The number of anilines is 1. The Balaban J connectivity index is 0.00000196. The number of nitrogen functional groups attached to an aromatic ring is 1. The zero-order valence-corrected chi connectivity index (χ0v) is 8.52. The Morgan fingerprint density at radius 3 is 2.47 bits per heavy atom. The molecule has 2 N–H and O–H groups in total. The number of alkyl halides is 2. The molecule has 0 saturated carbocycles. The van der Waals surface area contributed by atoms with E-state index in [1.807, 2.05) is 0 Å². The van der Waals surface area contributed by atoms with Crippen molar-refractivity contribution in [3.8, 4) is 0 Å². The molecule has 0 aliphatic rings. The van der Waals surface area contributed by atoms with E-state index in [1.54, 1.807) is 0 Å². The smallest absolute Gasteiger partial charge is 0.544 e. The van der Waals surface area contributed by atoms with E-state index in [-0.39, 0.29) is 29.6 Å². The predicted octanol–water partition coefficient (Wildman–Crippen LogP) is -2.23. The predicted molar refractivity (Wildman–Crippen MR) is 44.8 cm³/mol. The van der Waals surface area contributed by atoms with Crippen molar-refractivity contribution in [2.45, 2.75) is 5.92 Å². The molecule has 15 heavy (non-hydrogen) atoms. The minimum absolute atomic E-state index is 0. The van der Waals surface area contributed by atoms with Crippen LogP contribution in [0.5, 0.6) is 0 Å². The Bertz CT molecular complexity index is 387. The molecule has 0 aromatic heterocycles. The van der Waals surface area contributed by atoms with Gasteiger partial charge in [-0.15, -0.1) is 0 Å². The van der Waals surface area contributed by atoms with Gasteiger partial charge >= 0.3 is 24.8 Å². The maximum Gasteiger partial charge on any atom is 1.00 e. The van der Waals surface area contributed by atoms with Crippen molar-refractivity contribution in [3.05, 3.63) is 28.8 Å². The minimum Gasteiger partial charge on any atom is -0.544 e. The van der Waals surface area contributed by atoms with Crippen LogP contribution in [0.3, 0.4) is 0 Å². The van der Waals surface area contributed by atoms with Crippen molar-refractivity contribution in [2.75, 3.05) is 5.73 Å². The molecule has 1 aromatic carbocycles. The molecule has 7 heteroatoms. The first-order chi connectivity index (χ1) is 6.35. The molecule has 0 aliphatic carbocycles. The number of carboxylic acid groups (broad SMARTS) is 1. The maximum absolute atomic E-state index is 12.9. The van der Waals surface area contributed by atoms with E-state index in [1.165, 1.54) is 6.07 Å². The molecule has 0 spiro atoms. The van der Waals surface area contributed by atoms with Gasteiger partial charge in [0.05, 0.1) is 5.56 Å². The van der Waals surface area contributed by atoms with E-state index in [2.05, 4.69) is 0 Å². The van der Waals surface area contributed by atoms with Crippen LogP contribution >= 0.6 is 11.6 Å². The van der Waals surface area contributed by atoms with E-state index in [0.29, 0.717) is 0 Å². The maximum atomic E-state index is 12.9. The molecule has 0 heterocycles. The molecular weight excluding hydrogens is 222 g/mol. The van der Waals surface area contributed by atoms with Gasteiger partial charge < -0.3 is 15.6 Å². The Morgan fingerprint density at radius 1 is 1.47 bits per heavy atom. The number of carbonyl (C=O) groups is 1. The number of nitrogens with two attached hydrogens (primary N) is 1. The van der Waals surface area contributed by atoms with Gasteiger partial charge in [-0.3, -0.25) is 0 Å². The number of aliphatic carboxylic acids is 1. The monoisotopic (exact) mass is 227 g/mol. The van der Waals surface area contributed by atoms with Crippen LogP contribution in [0.1, 0.15) is 5.56 Å². The number of benzene rings is 1. The molecule has 0 atom stereocenters. The summed E-state index contributed by atoms with van der Waals surface area (Å²) >= 11 is 5.43. The average molecular weight is 228 g/mol. The largest absolute Gasteiger partial charge is 1.00 e. The second-order valence-corrected chi connectivity index (χ2v) is 3.03. The third-order valence-corrected chi connectivity index (χ3v) is 1.85. The molecule has 0 amide bonds. The van der Waals surface area contributed by atoms with Gasteiger partial charge in [0, 0.05) is 10.7 Å². The van der Waals surface area contributed by atoms with E-state index >= 15 is 0 Å². The van der Waals surface area contributed by atoms with Gasteiger partial charge in [0.1, 0.15) is 5.97 Å². The summed E-state index contributed by atoms with van der Waals surface area (Å²) in [6.07, 6.45) is 0. The van der Waals surface area contributed by atoms with Crippen LogP contribution in [0, 0.1) is 0 Å². The SMILES string of the molecule is Nc1ccc(Cl)cc1C(F)(F)C(=O)[O-].[Li+]. The van der Waals surface area contributed by atoms with Crippen LogP contribution in [0.15, 0.2) is 18.2 Å². The summed E-state index contributed by atoms with van der Waals surface area (Å²) in [5.41, 5.74) is 3.98. The normalized spacial score (nSPS) is 10.6. The number of carbonyl (C=O) groups excluding carboxylic acids is 1. The molecule has 1 rings (SSSR count). The van der Waals surface area contributed by atoms with Crippen LogP contribution in [0.25, 0.3) is 0 Å². The van der Waals surface area contributed by atoms with Gasteiger partial charge in [0.25, 0.3) is 0 Å². The molecule has 0 aliphatic heterocycles. The molecule has 76 valence electrons. The van der Waals surface area contributed by atoms with Crippen molar-refractivity contribution in [1.29, 1.82) is 0 Å². The van der Waals surface area contributed by atoms with E-state index in [9.17, 15) is 18.7 Å². The Morgan fingerprint density at radius 2 is 2.00 bits per heavy atom. The summed E-state index contributed by atoms with van der Waals surface area (Å²) in [5.74, 6) is -6.64. The standard InChI is InChI=1S/C8H6ClF2NO2.Li/c9-4-1-2-6(12)5(3-4)8(10,11)7(13)14;/h1-3H,12H2,(H,13,14);/q;+1/p-1. The molecule has 0 bridgehead atoms. The molecule has 0 fully saturated rings. The molecule has 0 unspecified atom stereocenters. The number of rotatable bonds is 2. The summed E-state index contributed by atoms with van der Waals surface area (Å²) in [6.45, 7) is 0. The van der Waals surface area contributed by atoms with Gasteiger partial charge in [0.2, 0.25) is 0 Å². The summed E-state index contributed by atoms with van der Waals surface area (Å²) < 4.78 is 25.8. The van der Waals surface area contributed by atoms with Gasteiger partial charge in [-0.2, -0.15) is 8.78 Å². The number of halogens is 3. The number of carboxylic acids is 1. The number of hydrogen-bond donors (Lipinski definition) is 1. The first-order valence-corrected chi connectivity index (χ1v) is 3.88. The minimum atomic E-state index is -4.13.